The molecule has 1 heterocycles. The molecule has 1 aromatic rings. The summed E-state index contributed by atoms with van der Waals surface area (Å²) in [5.74, 6) is -2.57. The number of nitrogens with zero attached hydrogens (tertiary/aromatic N) is 3. The van der Waals surface area contributed by atoms with Crippen molar-refractivity contribution in [3.05, 3.63) is 12.2 Å². The van der Waals surface area contributed by atoms with Gasteiger partial charge in [-0.05, 0) is 12.8 Å². The van der Waals surface area contributed by atoms with Gasteiger partial charge < -0.3 is 5.32 Å². The fourth-order valence-corrected chi connectivity index (χ4v) is 2.08. The van der Waals surface area contributed by atoms with E-state index in [1.165, 1.54) is 0 Å². The van der Waals surface area contributed by atoms with Gasteiger partial charge in [0.1, 0.15) is 6.33 Å². The highest BCUT2D eigenvalue weighted by molar-refractivity contribution is 5.78. The molecule has 18 heavy (non-hydrogen) atoms. The van der Waals surface area contributed by atoms with Crippen LogP contribution in [0.1, 0.15) is 31.5 Å². The second-order valence-electron chi connectivity index (χ2n) is 4.68. The van der Waals surface area contributed by atoms with Crippen LogP contribution in [0.5, 0.6) is 0 Å². The number of aryl methyl sites for hydroxylation is 1. The molecule has 0 atom stereocenters. The minimum atomic E-state index is -2.60. The van der Waals surface area contributed by atoms with Crippen molar-refractivity contribution in [3.8, 4) is 0 Å². The van der Waals surface area contributed by atoms with E-state index in [2.05, 4.69) is 15.4 Å². The van der Waals surface area contributed by atoms with Gasteiger partial charge in [0.15, 0.2) is 5.82 Å². The lowest BCUT2D eigenvalue weighted by molar-refractivity contribution is -0.129. The Bertz CT molecular complexity index is 422. The van der Waals surface area contributed by atoms with Gasteiger partial charge in [-0.3, -0.25) is 9.48 Å². The van der Waals surface area contributed by atoms with Crippen LogP contribution in [0, 0.1) is 5.92 Å². The standard InChI is InChI=1S/C11H16F2N4O/c1-17-7-15-9(16-17)6-14-10(18)8-2-4-11(12,13)5-3-8/h7-8H,2-6H2,1H3,(H,14,18). The van der Waals surface area contributed by atoms with E-state index in [1.54, 1.807) is 18.1 Å². The van der Waals surface area contributed by atoms with E-state index >= 15 is 0 Å². The van der Waals surface area contributed by atoms with Crippen molar-refractivity contribution in [3.63, 3.8) is 0 Å². The third-order valence-corrected chi connectivity index (χ3v) is 3.16. The van der Waals surface area contributed by atoms with Crippen LogP contribution in [0.15, 0.2) is 6.33 Å². The summed E-state index contributed by atoms with van der Waals surface area (Å²) in [5, 5.41) is 6.71. The second kappa shape index (κ2) is 4.99. The Morgan fingerprint density at radius 2 is 2.22 bits per heavy atom. The molecule has 0 bridgehead atoms. The molecule has 1 fully saturated rings. The van der Waals surface area contributed by atoms with Crippen LogP contribution in [0.25, 0.3) is 0 Å². The normalized spacial score (nSPS) is 19.7. The van der Waals surface area contributed by atoms with Crippen molar-refractivity contribution in [1.82, 2.24) is 20.1 Å². The summed E-state index contributed by atoms with van der Waals surface area (Å²) in [6.07, 6.45) is 1.63. The first-order valence-corrected chi connectivity index (χ1v) is 5.96. The maximum absolute atomic E-state index is 12.9. The summed E-state index contributed by atoms with van der Waals surface area (Å²) in [6, 6.07) is 0. The Balaban J connectivity index is 1.79. The van der Waals surface area contributed by atoms with Gasteiger partial charge >= 0.3 is 0 Å². The fourth-order valence-electron chi connectivity index (χ4n) is 2.08. The first kappa shape index (κ1) is 12.9. The van der Waals surface area contributed by atoms with E-state index in [-0.39, 0.29) is 44.1 Å². The summed E-state index contributed by atoms with van der Waals surface area (Å²) in [6.45, 7) is 0.243. The highest BCUT2D eigenvalue weighted by atomic mass is 19.3. The molecule has 0 unspecified atom stereocenters. The second-order valence-corrected chi connectivity index (χ2v) is 4.68. The number of rotatable bonds is 3. The van der Waals surface area contributed by atoms with Crippen molar-refractivity contribution < 1.29 is 13.6 Å². The maximum Gasteiger partial charge on any atom is 0.248 e. The Morgan fingerprint density at radius 1 is 1.56 bits per heavy atom. The third-order valence-electron chi connectivity index (χ3n) is 3.16. The lowest BCUT2D eigenvalue weighted by Crippen LogP contribution is -2.35. The van der Waals surface area contributed by atoms with Crippen molar-refractivity contribution in [1.29, 1.82) is 0 Å². The van der Waals surface area contributed by atoms with Gasteiger partial charge in [0.05, 0.1) is 6.54 Å². The molecule has 1 aliphatic carbocycles. The molecule has 1 aliphatic rings. The Labute approximate surface area is 104 Å². The molecule has 0 saturated heterocycles. The zero-order valence-electron chi connectivity index (χ0n) is 10.2. The van der Waals surface area contributed by atoms with Gasteiger partial charge in [0, 0.05) is 25.8 Å². The van der Waals surface area contributed by atoms with Gasteiger partial charge in [-0.2, -0.15) is 5.10 Å². The van der Waals surface area contributed by atoms with Crippen molar-refractivity contribution in [2.75, 3.05) is 0 Å². The largest absolute Gasteiger partial charge is 0.348 e. The van der Waals surface area contributed by atoms with Crippen LogP contribution in [-0.4, -0.2) is 26.6 Å². The predicted molar refractivity (Wildman–Crippen MR) is 59.8 cm³/mol. The lowest BCUT2D eigenvalue weighted by Gasteiger charge is -2.27. The van der Waals surface area contributed by atoms with Gasteiger partial charge in [0.2, 0.25) is 11.8 Å². The average molecular weight is 258 g/mol. The molecule has 1 amide bonds. The molecule has 100 valence electrons. The molecule has 1 N–H and O–H groups in total. The summed E-state index contributed by atoms with van der Waals surface area (Å²) in [4.78, 5) is 15.7. The molecule has 5 nitrogen and oxygen atoms in total. The Morgan fingerprint density at radius 3 is 2.78 bits per heavy atom. The number of hydrogen-bond acceptors (Lipinski definition) is 3. The molecular formula is C11H16F2N4O. The first-order chi connectivity index (χ1) is 8.46. The van der Waals surface area contributed by atoms with Crippen LogP contribution >= 0.6 is 0 Å². The topological polar surface area (TPSA) is 59.8 Å². The van der Waals surface area contributed by atoms with E-state index in [0.717, 1.165) is 0 Å². The molecule has 0 aromatic carbocycles. The number of alkyl halides is 2. The molecule has 0 aliphatic heterocycles. The van der Waals surface area contributed by atoms with Crippen LogP contribution < -0.4 is 5.32 Å². The highest BCUT2D eigenvalue weighted by Crippen LogP contribution is 2.36. The fraction of sp³-hybridized carbons (Fsp3) is 0.727. The number of aromatic nitrogens is 3. The van der Waals surface area contributed by atoms with E-state index in [4.69, 9.17) is 0 Å². The SMILES string of the molecule is Cn1cnc(CNC(=O)C2CCC(F)(F)CC2)n1. The third kappa shape index (κ3) is 3.24. The lowest BCUT2D eigenvalue weighted by atomic mass is 9.86. The summed E-state index contributed by atoms with van der Waals surface area (Å²) >= 11 is 0. The van der Waals surface area contributed by atoms with Gasteiger partial charge in [-0.1, -0.05) is 0 Å². The number of hydrogen-bond donors (Lipinski definition) is 1. The van der Waals surface area contributed by atoms with Gasteiger partial charge in [0.25, 0.3) is 0 Å². The Kier molecular flexibility index (Phi) is 3.58. The predicted octanol–water partition coefficient (Wildman–Crippen LogP) is 1.26. The first-order valence-electron chi connectivity index (χ1n) is 5.96. The van der Waals surface area contributed by atoms with E-state index in [1.807, 2.05) is 0 Å². The highest BCUT2D eigenvalue weighted by Gasteiger charge is 2.37. The average Bonchev–Trinajstić information content (AvgIpc) is 2.72. The molecule has 1 aromatic heterocycles. The molecule has 7 heteroatoms. The molecule has 1 saturated carbocycles. The van der Waals surface area contributed by atoms with E-state index in [0.29, 0.717) is 5.82 Å². The van der Waals surface area contributed by atoms with Gasteiger partial charge in [-0.25, -0.2) is 13.8 Å². The molecular weight excluding hydrogens is 242 g/mol. The summed E-state index contributed by atoms with van der Waals surface area (Å²) in [5.41, 5.74) is 0. The number of nitrogens with one attached hydrogen (secondary N) is 1. The summed E-state index contributed by atoms with van der Waals surface area (Å²) in [7, 11) is 1.74. The van der Waals surface area contributed by atoms with Crippen LogP contribution in [-0.2, 0) is 18.4 Å². The van der Waals surface area contributed by atoms with Crippen molar-refractivity contribution in [2.45, 2.75) is 38.2 Å². The zero-order valence-corrected chi connectivity index (χ0v) is 10.2. The number of halogens is 2. The number of amides is 1. The monoisotopic (exact) mass is 258 g/mol. The molecule has 2 rings (SSSR count). The van der Waals surface area contributed by atoms with Gasteiger partial charge in [-0.15, -0.1) is 0 Å². The van der Waals surface area contributed by atoms with Crippen LogP contribution in [0.2, 0.25) is 0 Å². The maximum atomic E-state index is 12.9. The smallest absolute Gasteiger partial charge is 0.248 e. The summed E-state index contributed by atoms with van der Waals surface area (Å²) < 4.78 is 27.4. The van der Waals surface area contributed by atoms with E-state index in [9.17, 15) is 13.6 Å². The van der Waals surface area contributed by atoms with Crippen LogP contribution in [0.4, 0.5) is 8.78 Å². The Hall–Kier alpha value is -1.53. The number of carbonyl (C=O) groups excluding carboxylic acids is 1. The zero-order chi connectivity index (χ0) is 13.2. The molecule has 0 radical (unpaired) electrons. The number of carbonyl (C=O) groups is 1. The van der Waals surface area contributed by atoms with E-state index < -0.39 is 5.92 Å². The minimum absolute atomic E-state index is 0.182. The molecule has 0 spiro atoms. The van der Waals surface area contributed by atoms with Crippen molar-refractivity contribution in [2.24, 2.45) is 13.0 Å². The van der Waals surface area contributed by atoms with Crippen molar-refractivity contribution >= 4 is 5.91 Å². The minimum Gasteiger partial charge on any atom is -0.348 e. The quantitative estimate of drug-likeness (QED) is 0.887. The van der Waals surface area contributed by atoms with Crippen LogP contribution in [0.3, 0.4) is 0 Å².